The maximum atomic E-state index is 13.5. The molecule has 0 aliphatic carbocycles. The van der Waals surface area contributed by atoms with Crippen LogP contribution in [-0.2, 0) is 9.59 Å². The van der Waals surface area contributed by atoms with E-state index in [1.165, 1.54) is 23.1 Å². The molecule has 0 saturated heterocycles. The van der Waals surface area contributed by atoms with E-state index >= 15 is 0 Å². The second-order valence-electron chi connectivity index (χ2n) is 4.68. The molecule has 0 aliphatic heterocycles. The fourth-order valence-electron chi connectivity index (χ4n) is 2.10. The van der Waals surface area contributed by atoms with Gasteiger partial charge in [-0.15, -0.1) is 0 Å². The normalized spacial score (nSPS) is 10.1. The molecule has 2 aromatic carbocycles. The quantitative estimate of drug-likeness (QED) is 0.862. The van der Waals surface area contributed by atoms with E-state index in [-0.39, 0.29) is 18.0 Å². The molecule has 22 heavy (non-hydrogen) atoms. The van der Waals surface area contributed by atoms with E-state index in [0.717, 1.165) is 5.69 Å². The summed E-state index contributed by atoms with van der Waals surface area (Å²) in [6.45, 7) is 2.29. The van der Waals surface area contributed by atoms with Crippen LogP contribution in [0.4, 0.5) is 15.8 Å². The van der Waals surface area contributed by atoms with Crippen molar-refractivity contribution >= 4 is 23.2 Å². The highest BCUT2D eigenvalue weighted by Crippen LogP contribution is 2.16. The van der Waals surface area contributed by atoms with Gasteiger partial charge in [-0.05, 0) is 31.2 Å². The van der Waals surface area contributed by atoms with Gasteiger partial charge >= 0.3 is 0 Å². The number of anilines is 2. The standard InChI is InChI=1S/C17H17FN2O2/c1-2-20(13-8-4-3-5-9-13)17(22)12-16(21)19-15-11-7-6-10-14(15)18/h3-11H,2,12H2,1H3,(H,19,21). The second-order valence-corrected chi connectivity index (χ2v) is 4.68. The van der Waals surface area contributed by atoms with E-state index in [1.807, 2.05) is 25.1 Å². The highest BCUT2D eigenvalue weighted by molar-refractivity contribution is 6.09. The van der Waals surface area contributed by atoms with Crippen molar-refractivity contribution in [3.63, 3.8) is 0 Å². The van der Waals surface area contributed by atoms with Crippen LogP contribution in [0.3, 0.4) is 0 Å². The first-order valence-corrected chi connectivity index (χ1v) is 7.01. The lowest BCUT2D eigenvalue weighted by molar-refractivity contribution is -0.125. The van der Waals surface area contributed by atoms with Gasteiger partial charge in [0.05, 0.1) is 5.69 Å². The second kappa shape index (κ2) is 7.36. The van der Waals surface area contributed by atoms with Crippen molar-refractivity contribution in [1.82, 2.24) is 0 Å². The lowest BCUT2D eigenvalue weighted by atomic mass is 10.2. The molecule has 5 heteroatoms. The average Bonchev–Trinajstić information content (AvgIpc) is 2.51. The zero-order valence-electron chi connectivity index (χ0n) is 12.3. The Bertz CT molecular complexity index is 659. The van der Waals surface area contributed by atoms with Crippen LogP contribution in [0, 0.1) is 5.82 Å². The van der Waals surface area contributed by atoms with Gasteiger partial charge in [0.25, 0.3) is 0 Å². The summed E-state index contributed by atoms with van der Waals surface area (Å²) in [6.07, 6.45) is -0.336. The van der Waals surface area contributed by atoms with Crippen LogP contribution in [0.2, 0.25) is 0 Å². The molecule has 0 heterocycles. The third-order valence-electron chi connectivity index (χ3n) is 3.14. The van der Waals surface area contributed by atoms with Crippen LogP contribution in [0.15, 0.2) is 54.6 Å². The van der Waals surface area contributed by atoms with Crippen molar-refractivity contribution in [1.29, 1.82) is 0 Å². The van der Waals surface area contributed by atoms with E-state index in [1.54, 1.807) is 18.2 Å². The predicted octanol–water partition coefficient (Wildman–Crippen LogP) is 3.21. The molecule has 0 aromatic heterocycles. The maximum Gasteiger partial charge on any atom is 0.236 e. The van der Waals surface area contributed by atoms with E-state index in [0.29, 0.717) is 6.54 Å². The number of para-hydroxylation sites is 2. The van der Waals surface area contributed by atoms with Crippen molar-refractivity contribution in [3.8, 4) is 0 Å². The predicted molar refractivity (Wildman–Crippen MR) is 84.1 cm³/mol. The molecular formula is C17H17FN2O2. The number of nitrogens with zero attached hydrogens (tertiary/aromatic N) is 1. The summed E-state index contributed by atoms with van der Waals surface area (Å²) >= 11 is 0. The summed E-state index contributed by atoms with van der Waals surface area (Å²) in [6, 6.07) is 15.0. The molecule has 2 aromatic rings. The Kier molecular flexibility index (Phi) is 5.25. The molecule has 2 amide bonds. The van der Waals surface area contributed by atoms with Crippen molar-refractivity contribution in [2.24, 2.45) is 0 Å². The van der Waals surface area contributed by atoms with Gasteiger partial charge in [-0.1, -0.05) is 30.3 Å². The van der Waals surface area contributed by atoms with Gasteiger partial charge in [0.15, 0.2) is 0 Å². The molecule has 0 atom stereocenters. The van der Waals surface area contributed by atoms with Gasteiger partial charge in [-0.25, -0.2) is 4.39 Å². The highest BCUT2D eigenvalue weighted by atomic mass is 19.1. The number of nitrogens with one attached hydrogen (secondary N) is 1. The SMILES string of the molecule is CCN(C(=O)CC(=O)Nc1ccccc1F)c1ccccc1. The van der Waals surface area contributed by atoms with E-state index in [2.05, 4.69) is 5.32 Å². The lowest BCUT2D eigenvalue weighted by Crippen LogP contribution is -2.33. The summed E-state index contributed by atoms with van der Waals surface area (Å²) in [7, 11) is 0. The Morgan fingerprint density at radius 2 is 1.68 bits per heavy atom. The number of benzene rings is 2. The third kappa shape index (κ3) is 3.91. The van der Waals surface area contributed by atoms with Crippen LogP contribution in [-0.4, -0.2) is 18.4 Å². The largest absolute Gasteiger partial charge is 0.323 e. The molecule has 1 N–H and O–H groups in total. The van der Waals surface area contributed by atoms with Gasteiger partial charge in [-0.2, -0.15) is 0 Å². The Morgan fingerprint density at radius 1 is 1.05 bits per heavy atom. The van der Waals surface area contributed by atoms with E-state index in [4.69, 9.17) is 0 Å². The Balaban J connectivity index is 2.01. The minimum atomic E-state index is -0.538. The number of rotatable bonds is 5. The first-order valence-electron chi connectivity index (χ1n) is 7.01. The minimum Gasteiger partial charge on any atom is -0.323 e. The summed E-state index contributed by atoms with van der Waals surface area (Å²) in [5.74, 6) is -1.40. The Hall–Kier alpha value is -2.69. The first kappa shape index (κ1) is 15.7. The maximum absolute atomic E-state index is 13.5. The third-order valence-corrected chi connectivity index (χ3v) is 3.14. The van der Waals surface area contributed by atoms with Crippen LogP contribution >= 0.6 is 0 Å². The van der Waals surface area contributed by atoms with Gasteiger partial charge in [0, 0.05) is 12.2 Å². The van der Waals surface area contributed by atoms with Crippen LogP contribution in [0.25, 0.3) is 0 Å². The molecule has 2 rings (SSSR count). The lowest BCUT2D eigenvalue weighted by Gasteiger charge is -2.20. The zero-order chi connectivity index (χ0) is 15.9. The molecule has 4 nitrogen and oxygen atoms in total. The number of hydrogen-bond acceptors (Lipinski definition) is 2. The first-order chi connectivity index (χ1) is 10.6. The fourth-order valence-corrected chi connectivity index (χ4v) is 2.10. The Labute approximate surface area is 128 Å². The number of amides is 2. The fraction of sp³-hybridized carbons (Fsp3) is 0.176. The van der Waals surface area contributed by atoms with Crippen LogP contribution in [0.5, 0.6) is 0 Å². The van der Waals surface area contributed by atoms with E-state index in [9.17, 15) is 14.0 Å². The zero-order valence-corrected chi connectivity index (χ0v) is 12.3. The number of carbonyl (C=O) groups excluding carboxylic acids is 2. The van der Waals surface area contributed by atoms with Crippen LogP contribution in [0.1, 0.15) is 13.3 Å². The molecule has 0 radical (unpaired) electrons. The molecule has 0 unspecified atom stereocenters. The topological polar surface area (TPSA) is 49.4 Å². The molecular weight excluding hydrogens is 283 g/mol. The van der Waals surface area contributed by atoms with Gasteiger partial charge < -0.3 is 10.2 Å². The van der Waals surface area contributed by atoms with Gasteiger partial charge in [-0.3, -0.25) is 9.59 Å². The minimum absolute atomic E-state index is 0.0723. The Morgan fingerprint density at radius 3 is 2.32 bits per heavy atom. The van der Waals surface area contributed by atoms with Crippen molar-refractivity contribution in [3.05, 3.63) is 60.4 Å². The summed E-state index contributed by atoms with van der Waals surface area (Å²) in [4.78, 5) is 25.6. The monoisotopic (exact) mass is 300 g/mol. The molecule has 0 spiro atoms. The van der Waals surface area contributed by atoms with Crippen molar-refractivity contribution in [2.75, 3.05) is 16.8 Å². The summed E-state index contributed by atoms with van der Waals surface area (Å²) in [5, 5.41) is 2.41. The highest BCUT2D eigenvalue weighted by Gasteiger charge is 2.18. The van der Waals surface area contributed by atoms with Crippen molar-refractivity contribution in [2.45, 2.75) is 13.3 Å². The molecule has 0 fully saturated rings. The molecule has 0 aliphatic rings. The summed E-state index contributed by atoms with van der Waals surface area (Å²) in [5.41, 5.74) is 0.803. The average molecular weight is 300 g/mol. The molecule has 114 valence electrons. The van der Waals surface area contributed by atoms with Gasteiger partial charge in [0.2, 0.25) is 11.8 Å². The van der Waals surface area contributed by atoms with Crippen molar-refractivity contribution < 1.29 is 14.0 Å². The summed E-state index contributed by atoms with van der Waals surface area (Å²) < 4.78 is 13.5. The smallest absolute Gasteiger partial charge is 0.236 e. The number of carbonyl (C=O) groups is 2. The molecule has 0 saturated carbocycles. The van der Waals surface area contributed by atoms with Gasteiger partial charge in [0.1, 0.15) is 12.2 Å². The van der Waals surface area contributed by atoms with Crippen LogP contribution < -0.4 is 10.2 Å². The number of halogens is 1. The number of hydrogen-bond donors (Lipinski definition) is 1. The van der Waals surface area contributed by atoms with E-state index < -0.39 is 11.7 Å². The molecule has 0 bridgehead atoms.